The molecule has 0 aliphatic carbocycles. The van der Waals surface area contributed by atoms with Gasteiger partial charge in [0.25, 0.3) is 19.3 Å². The number of carboxylic acids is 1. The number of nitrogens with one attached hydrogen (secondary N) is 4. The average Bonchev–Trinajstić information content (AvgIpc) is 0.787. The third kappa shape index (κ3) is 31.9. The summed E-state index contributed by atoms with van der Waals surface area (Å²) in [4.78, 5) is 130. The molecule has 32 nitrogen and oxygen atoms in total. The van der Waals surface area contributed by atoms with E-state index in [1.165, 1.54) is 69.2 Å². The number of aliphatic carboxylic acids is 1. The predicted octanol–water partition coefficient (Wildman–Crippen LogP) is 16.8. The minimum atomic E-state index is -2.62. The van der Waals surface area contributed by atoms with Gasteiger partial charge in [-0.15, -0.1) is 0 Å². The van der Waals surface area contributed by atoms with Crippen molar-refractivity contribution in [1.29, 1.82) is 0 Å². The van der Waals surface area contributed by atoms with E-state index < -0.39 is 66.4 Å². The number of aromatic nitrogens is 10. The Morgan fingerprint density at radius 1 is 0.419 bits per heavy atom. The van der Waals surface area contributed by atoms with Crippen LogP contribution in [0.4, 0.5) is 63.5 Å². The van der Waals surface area contributed by atoms with Crippen LogP contribution in [0.5, 0.6) is 0 Å². The Bertz CT molecular complexity index is 5690. The molecule has 5 saturated heterocycles. The van der Waals surface area contributed by atoms with Gasteiger partial charge in [0, 0.05) is 184 Å². The average molecular weight is 1960 g/mol. The zero-order valence-corrected chi connectivity index (χ0v) is 81.2. The van der Waals surface area contributed by atoms with E-state index in [-0.39, 0.29) is 75.2 Å². The number of carbonyl (C=O) groups is 7. The lowest BCUT2D eigenvalue weighted by molar-refractivity contribution is -0.145. The lowest BCUT2D eigenvalue weighted by Crippen LogP contribution is -2.51. The molecule has 3 amide bonds. The Balaban J connectivity index is 0.000000184. The number of amides is 3. The highest BCUT2D eigenvalue weighted by Crippen LogP contribution is 2.40. The Labute approximate surface area is 795 Å². The molecule has 0 saturated carbocycles. The van der Waals surface area contributed by atoms with Gasteiger partial charge in [-0.1, -0.05) is 34.6 Å². The van der Waals surface area contributed by atoms with E-state index in [1.807, 2.05) is 68.4 Å². The summed E-state index contributed by atoms with van der Waals surface area (Å²) < 4.78 is 96.2. The number of benzene rings is 5. The Hall–Kier alpha value is -11.8. The van der Waals surface area contributed by atoms with Gasteiger partial charge in [0.15, 0.2) is 18.4 Å². The first kappa shape index (κ1) is 108. The minimum absolute atomic E-state index is 0.0268. The van der Waals surface area contributed by atoms with Gasteiger partial charge in [-0.05, 0) is 227 Å². The molecule has 5 aromatic heterocycles. The number of alkyl halides is 6. The van der Waals surface area contributed by atoms with E-state index in [9.17, 15) is 65.0 Å². The maximum atomic E-state index is 13.3. The van der Waals surface area contributed by atoms with Crippen LogP contribution >= 0.6 is 15.9 Å². The van der Waals surface area contributed by atoms with Crippen LogP contribution in [0.15, 0.2) is 127 Å². The Morgan fingerprint density at radius 3 is 1.07 bits per heavy atom. The van der Waals surface area contributed by atoms with Crippen molar-refractivity contribution in [3.05, 3.63) is 155 Å². The highest BCUT2D eigenvalue weighted by molar-refractivity contribution is 9.10. The molecule has 5 aromatic carbocycles. The number of nitrogens with two attached hydrogens (primary N) is 1. The lowest BCUT2D eigenvalue weighted by atomic mass is 9.86. The number of ether oxygens (including phenoxy) is 3. The highest BCUT2D eigenvalue weighted by Gasteiger charge is 2.35. The summed E-state index contributed by atoms with van der Waals surface area (Å²) in [7, 11) is 0. The number of ketones is 1. The van der Waals surface area contributed by atoms with Crippen LogP contribution in [-0.2, 0) is 23.8 Å². The lowest BCUT2D eigenvalue weighted by Gasteiger charge is -2.38. The van der Waals surface area contributed by atoms with Crippen LogP contribution in [0.3, 0.4) is 0 Å². The second-order valence-corrected chi connectivity index (χ2v) is 39.1. The van der Waals surface area contributed by atoms with Crippen molar-refractivity contribution >= 4 is 136 Å². The van der Waals surface area contributed by atoms with Crippen molar-refractivity contribution in [3.8, 4) is 0 Å². The number of aliphatic hydroxyl groups excluding tert-OH is 2. The van der Waals surface area contributed by atoms with Crippen molar-refractivity contribution < 1.29 is 89.4 Å². The number of rotatable bonds is 16. The van der Waals surface area contributed by atoms with Crippen LogP contribution < -0.4 is 46.6 Å². The van der Waals surface area contributed by atoms with Gasteiger partial charge in [-0.2, -0.15) is 0 Å². The van der Waals surface area contributed by atoms with Crippen molar-refractivity contribution in [1.82, 2.24) is 71.1 Å². The maximum Gasteiger partial charge on any atom is 0.407 e. The summed E-state index contributed by atoms with van der Waals surface area (Å²) >= 11 is 3.34. The van der Waals surface area contributed by atoms with Crippen LogP contribution in [-0.4, -0.2) is 226 Å². The van der Waals surface area contributed by atoms with E-state index in [4.69, 9.17) is 30.2 Å². The van der Waals surface area contributed by atoms with Crippen molar-refractivity contribution in [2.75, 3.05) is 85.0 Å². The largest absolute Gasteiger partial charge is 0.479 e. The molecule has 136 heavy (non-hydrogen) atoms. The van der Waals surface area contributed by atoms with Gasteiger partial charge in [0.2, 0.25) is 0 Å². The molecule has 0 spiro atoms. The SMILES string of the molecule is CC(O)C(=O)C[C@@H]1C[C@H](C)CN(c2ccc(C(F)F)c3nccnc23)C1.CC(O)C(=O)O.C[C@@H]1CNC[C@H](NC(=O)OC(C)(C)C)C1.C[C@H]1C[C@@H](N)CN(c2ccc(C(F)F)c3nccnc23)C1.C[C@H]1C[C@@H](NC(=O)OC(C)(C)C)CN(c2ccc(C(F)F)c3nccnc23)C1.C[C@H]1C[C@@H](NC(=O)OC(C)(C)C)CN(c2ccc(C=O)c3nccnc23)C1.O=Cc1ccc(Br)c2nccnc12. The second kappa shape index (κ2) is 49.3. The highest BCUT2D eigenvalue weighted by atomic mass is 79.9. The number of piperidine rings is 5. The number of hydrogen-bond donors (Lipinski definition) is 8. The Kier molecular flexibility index (Phi) is 39.1. The molecule has 0 bridgehead atoms. The number of aliphatic hydroxyl groups is 2. The van der Waals surface area contributed by atoms with Gasteiger partial charge in [0.05, 0.1) is 39.3 Å². The number of hydrogen-bond acceptors (Lipinski definition) is 28. The quantitative estimate of drug-likeness (QED) is 0.0253. The van der Waals surface area contributed by atoms with Crippen LogP contribution in [0, 0.1) is 35.5 Å². The predicted molar refractivity (Wildman–Crippen MR) is 513 cm³/mol. The van der Waals surface area contributed by atoms with Crippen LogP contribution in [0.1, 0.15) is 206 Å². The first-order valence-corrected chi connectivity index (χ1v) is 46.1. The fourth-order valence-corrected chi connectivity index (χ4v) is 17.3. The molecule has 5 aliphatic rings. The van der Waals surface area contributed by atoms with E-state index in [0.717, 1.165) is 111 Å². The summed E-state index contributed by atoms with van der Waals surface area (Å²) in [5.41, 5.74) is 13.4. The first-order chi connectivity index (χ1) is 64.2. The number of anilines is 4. The normalized spacial score (nSPS) is 20.6. The molecule has 10 heterocycles. The zero-order chi connectivity index (χ0) is 99.8. The van der Waals surface area contributed by atoms with Crippen molar-refractivity contribution in [3.63, 3.8) is 0 Å². The van der Waals surface area contributed by atoms with Crippen molar-refractivity contribution in [2.45, 2.75) is 222 Å². The first-order valence-electron chi connectivity index (χ1n) is 45.3. The van der Waals surface area contributed by atoms with Crippen LogP contribution in [0.25, 0.3) is 55.2 Å². The summed E-state index contributed by atoms with van der Waals surface area (Å²) in [5, 5.41) is 37.3. The number of nitrogens with zero attached hydrogens (tertiary/aromatic N) is 14. The van der Waals surface area contributed by atoms with E-state index in [0.29, 0.717) is 112 Å². The van der Waals surface area contributed by atoms with Crippen LogP contribution in [0.2, 0.25) is 0 Å². The second-order valence-electron chi connectivity index (χ2n) is 38.2. The number of halogens is 7. The monoisotopic (exact) mass is 1960 g/mol. The summed E-state index contributed by atoms with van der Waals surface area (Å²) in [5.74, 6) is 0.872. The van der Waals surface area contributed by atoms with Gasteiger partial charge >= 0.3 is 24.2 Å². The third-order valence-corrected chi connectivity index (χ3v) is 22.9. The van der Waals surface area contributed by atoms with Gasteiger partial charge in [0.1, 0.15) is 67.6 Å². The third-order valence-electron chi connectivity index (χ3n) is 22.3. The fraction of sp³-hybridized carbons (Fsp3) is 0.515. The van der Waals surface area contributed by atoms with E-state index in [2.05, 4.69) is 141 Å². The topological polar surface area (TPSA) is 424 Å². The molecule has 12 atom stereocenters. The number of aldehydes is 2. The molecule has 2 unspecified atom stereocenters. The number of Topliss-reactive ketones (excluding diaryl/α,β-unsaturated/α-hetero) is 1. The molecular formula is C97H126BrF6N19O13. The zero-order valence-electron chi connectivity index (χ0n) is 79.6. The molecule has 39 heteroatoms. The molecular weight excluding hydrogens is 1830 g/mol. The number of fused-ring (bicyclic) bond motifs is 5. The molecule has 736 valence electrons. The molecule has 5 fully saturated rings. The Morgan fingerprint density at radius 2 is 0.721 bits per heavy atom. The summed E-state index contributed by atoms with van der Waals surface area (Å²) in [6, 6.07) is 16.7. The molecule has 10 aromatic rings. The minimum Gasteiger partial charge on any atom is -0.479 e. The number of carboxylic acid groups (broad SMARTS) is 1. The molecule has 15 rings (SSSR count). The number of carbonyl (C=O) groups excluding carboxylic acids is 6. The standard InChI is InChI=1S/C20H26F2N4O2.C20H26N4O3.C19H23F2N3O2.C15H18F2N4.C11H22N2O2.C9H5BrN2O.C3H6O3/c1-12-9-13(25-19(27)28-20(2,3)4)11-26(10-12)15-6-5-14(18(21)22)16-17(15)24-8-7-23-16;1-13-9-15(23-19(26)27-20(2,3)4)11-24(10-13)16-6-5-14(12-25)17-18(16)22-8-7-21-17;1-11-7-13(8-16(26)12(2)25)10-24(9-11)15-4-3-14(19(20)21)17-18(15)23-6-5-22-17;1-9-6-10(18)8-21(7-9)12-3-2-11(15(16)17)13-14(12)20-5-4-19-13;1-8-5-9(7-12-6-8)13-10(14)15-11(2,3)4;10-7-2-1-6(5-13)8-9(7)12-4-3-11-8;1-2(4)3(5)6/h5-8,12-13,18H,9-11H2,1-4H3,(H,25,27);5-8,12-13,15H,9-11H2,1-4H3,(H,23,26);3-6,11-13,19,25H,7-10H2,1-2H3;2-5,9-10,15H,6-8,18H2,1H3;8-9,12H,5-7H2,1-4H3,(H,13,14);1-5H;2,4H,1H3,(H,5,6)/t12-,13+;13-,15+;11-,12?,13-;9-,10+;8-,9+;;/m00000../s1. The van der Waals surface area contributed by atoms with E-state index >= 15 is 0 Å². The summed E-state index contributed by atoms with van der Waals surface area (Å²) in [6.07, 6.45) is 10.6. The van der Waals surface area contributed by atoms with Crippen molar-refractivity contribution in [2.24, 2.45) is 41.2 Å². The molecule has 5 aliphatic heterocycles. The molecule has 9 N–H and O–H groups in total. The smallest absolute Gasteiger partial charge is 0.407 e. The van der Waals surface area contributed by atoms with Gasteiger partial charge in [-0.3, -0.25) is 64.2 Å². The van der Waals surface area contributed by atoms with E-state index in [1.54, 1.807) is 61.2 Å². The van der Waals surface area contributed by atoms with Gasteiger partial charge in [-0.25, -0.2) is 45.5 Å². The molecule has 0 radical (unpaired) electrons. The summed E-state index contributed by atoms with van der Waals surface area (Å²) in [6.45, 7) is 37.6. The maximum absolute atomic E-state index is 13.3. The van der Waals surface area contributed by atoms with Gasteiger partial charge < -0.3 is 76.1 Å². The number of alkyl carbamates (subject to hydrolysis) is 3. The fourth-order valence-electron chi connectivity index (χ4n) is 16.9.